The lowest BCUT2D eigenvalue weighted by Crippen LogP contribution is -2.28. The standard InChI is InChI=1S/C15H17N3O5S/c19-15(17-14-8-13(23-18-14)11-4-2-5-11)16-9-10-3-1-6-12(7-10)24(20,21)22/h1,3,6-8,11H,2,4-5,9H2,(H,20,21,22)(H2,16,17,18,19). The van der Waals surface area contributed by atoms with Crippen molar-refractivity contribution in [3.05, 3.63) is 41.7 Å². The van der Waals surface area contributed by atoms with Gasteiger partial charge in [0, 0.05) is 18.5 Å². The largest absolute Gasteiger partial charge is 0.359 e. The van der Waals surface area contributed by atoms with E-state index in [9.17, 15) is 13.2 Å². The molecule has 0 saturated heterocycles. The predicted molar refractivity (Wildman–Crippen MR) is 85.2 cm³/mol. The maximum atomic E-state index is 11.9. The van der Waals surface area contributed by atoms with Crippen molar-refractivity contribution in [2.75, 3.05) is 5.32 Å². The van der Waals surface area contributed by atoms with E-state index in [4.69, 9.17) is 9.08 Å². The molecule has 0 bridgehead atoms. The molecule has 0 radical (unpaired) electrons. The van der Waals surface area contributed by atoms with Crippen LogP contribution in [-0.4, -0.2) is 24.2 Å². The first-order valence-electron chi connectivity index (χ1n) is 7.50. The summed E-state index contributed by atoms with van der Waals surface area (Å²) in [7, 11) is -4.27. The Morgan fingerprint density at radius 2 is 2.12 bits per heavy atom. The zero-order chi connectivity index (χ0) is 17.2. The summed E-state index contributed by atoms with van der Waals surface area (Å²) in [5.41, 5.74) is 0.538. The highest BCUT2D eigenvalue weighted by molar-refractivity contribution is 7.85. The van der Waals surface area contributed by atoms with Crippen LogP contribution in [-0.2, 0) is 16.7 Å². The highest BCUT2D eigenvalue weighted by atomic mass is 32.2. The molecule has 0 unspecified atom stereocenters. The summed E-state index contributed by atoms with van der Waals surface area (Å²) in [4.78, 5) is 11.6. The monoisotopic (exact) mass is 351 g/mol. The Hall–Kier alpha value is -2.39. The number of anilines is 1. The van der Waals surface area contributed by atoms with Gasteiger partial charge in [0.1, 0.15) is 5.76 Å². The predicted octanol–water partition coefficient (Wildman–Crippen LogP) is 2.51. The van der Waals surface area contributed by atoms with Crippen LogP contribution in [0.2, 0.25) is 0 Å². The minimum atomic E-state index is -4.27. The normalized spacial score (nSPS) is 14.9. The van der Waals surface area contributed by atoms with Crippen LogP contribution >= 0.6 is 0 Å². The molecular weight excluding hydrogens is 334 g/mol. The molecule has 2 aromatic rings. The first kappa shape index (κ1) is 16.5. The van der Waals surface area contributed by atoms with Crippen molar-refractivity contribution in [3.8, 4) is 0 Å². The van der Waals surface area contributed by atoms with Crippen molar-refractivity contribution in [1.82, 2.24) is 10.5 Å². The summed E-state index contributed by atoms with van der Waals surface area (Å²) >= 11 is 0. The minimum Gasteiger partial charge on any atom is -0.359 e. The Balaban J connectivity index is 1.55. The van der Waals surface area contributed by atoms with E-state index in [2.05, 4.69) is 15.8 Å². The average Bonchev–Trinajstić information content (AvgIpc) is 2.90. The molecule has 1 aliphatic rings. The van der Waals surface area contributed by atoms with Crippen LogP contribution in [0.25, 0.3) is 0 Å². The molecule has 1 saturated carbocycles. The summed E-state index contributed by atoms with van der Waals surface area (Å²) < 4.78 is 36.4. The van der Waals surface area contributed by atoms with Crippen molar-refractivity contribution in [1.29, 1.82) is 0 Å². The molecular formula is C15H17N3O5S. The van der Waals surface area contributed by atoms with Crippen LogP contribution in [0.1, 0.15) is 36.5 Å². The number of carbonyl (C=O) groups excluding carboxylic acids is 1. The van der Waals surface area contributed by atoms with Crippen LogP contribution in [0.4, 0.5) is 10.6 Å². The molecule has 1 aromatic carbocycles. The van der Waals surface area contributed by atoms with Gasteiger partial charge in [0.25, 0.3) is 10.1 Å². The zero-order valence-corrected chi connectivity index (χ0v) is 13.5. The summed E-state index contributed by atoms with van der Waals surface area (Å²) in [6.07, 6.45) is 3.33. The zero-order valence-electron chi connectivity index (χ0n) is 12.7. The van der Waals surface area contributed by atoms with Gasteiger partial charge in [-0.3, -0.25) is 9.87 Å². The van der Waals surface area contributed by atoms with Gasteiger partial charge in [-0.1, -0.05) is 23.7 Å². The second-order valence-corrected chi connectivity index (χ2v) is 7.09. The highest BCUT2D eigenvalue weighted by Crippen LogP contribution is 2.37. The highest BCUT2D eigenvalue weighted by Gasteiger charge is 2.24. The molecule has 3 rings (SSSR count). The molecule has 3 N–H and O–H groups in total. The number of hydrogen-bond acceptors (Lipinski definition) is 5. The Morgan fingerprint density at radius 3 is 2.79 bits per heavy atom. The van der Waals surface area contributed by atoms with E-state index in [0.717, 1.165) is 18.6 Å². The Kier molecular flexibility index (Phi) is 4.54. The number of amides is 2. The van der Waals surface area contributed by atoms with E-state index < -0.39 is 16.1 Å². The fraction of sp³-hybridized carbons (Fsp3) is 0.333. The van der Waals surface area contributed by atoms with Gasteiger partial charge in [0.15, 0.2) is 5.82 Å². The van der Waals surface area contributed by atoms with Crippen LogP contribution in [0.5, 0.6) is 0 Å². The van der Waals surface area contributed by atoms with E-state index in [1.165, 1.54) is 24.6 Å². The fourth-order valence-electron chi connectivity index (χ4n) is 2.39. The minimum absolute atomic E-state index is 0.0997. The van der Waals surface area contributed by atoms with Gasteiger partial charge < -0.3 is 9.84 Å². The number of hydrogen-bond donors (Lipinski definition) is 3. The number of carbonyl (C=O) groups is 1. The van der Waals surface area contributed by atoms with Gasteiger partial charge in [0.2, 0.25) is 0 Å². The molecule has 2 amide bonds. The van der Waals surface area contributed by atoms with Crippen molar-refractivity contribution < 1.29 is 22.3 Å². The molecule has 128 valence electrons. The van der Waals surface area contributed by atoms with E-state index >= 15 is 0 Å². The van der Waals surface area contributed by atoms with Gasteiger partial charge in [-0.2, -0.15) is 8.42 Å². The number of nitrogens with zero attached hydrogens (tertiary/aromatic N) is 1. The lowest BCUT2D eigenvalue weighted by Gasteiger charge is -2.21. The molecule has 1 aromatic heterocycles. The fourth-order valence-corrected chi connectivity index (χ4v) is 2.94. The van der Waals surface area contributed by atoms with Crippen LogP contribution in [0, 0.1) is 0 Å². The maximum absolute atomic E-state index is 11.9. The average molecular weight is 351 g/mol. The third-order valence-corrected chi connectivity index (χ3v) is 4.78. The van der Waals surface area contributed by atoms with Gasteiger partial charge in [-0.25, -0.2) is 4.79 Å². The second-order valence-electron chi connectivity index (χ2n) is 5.67. The Bertz CT molecular complexity index is 842. The molecule has 1 heterocycles. The number of benzene rings is 1. The molecule has 9 heteroatoms. The molecule has 0 aliphatic heterocycles. The number of urea groups is 1. The summed E-state index contributed by atoms with van der Waals surface area (Å²) in [6.45, 7) is 0.0997. The molecule has 1 fully saturated rings. The second kappa shape index (κ2) is 6.62. The molecule has 1 aliphatic carbocycles. The summed E-state index contributed by atoms with van der Waals surface area (Å²) in [5.74, 6) is 1.50. The summed E-state index contributed by atoms with van der Waals surface area (Å²) in [5, 5.41) is 8.94. The molecule has 8 nitrogen and oxygen atoms in total. The van der Waals surface area contributed by atoms with Crippen molar-refractivity contribution >= 4 is 22.0 Å². The van der Waals surface area contributed by atoms with Crippen LogP contribution < -0.4 is 10.6 Å². The number of rotatable bonds is 5. The third-order valence-electron chi connectivity index (χ3n) is 3.93. The van der Waals surface area contributed by atoms with Gasteiger partial charge in [-0.05, 0) is 30.5 Å². The SMILES string of the molecule is O=C(NCc1cccc(S(=O)(=O)O)c1)Nc1cc(C2CCC2)on1. The summed E-state index contributed by atoms with van der Waals surface area (Å²) in [6, 6.07) is 6.92. The lowest BCUT2D eigenvalue weighted by molar-refractivity contribution is 0.251. The topological polar surface area (TPSA) is 122 Å². The lowest BCUT2D eigenvalue weighted by atomic mass is 9.84. The Labute approximate surface area is 139 Å². The van der Waals surface area contributed by atoms with Crippen molar-refractivity contribution in [3.63, 3.8) is 0 Å². The van der Waals surface area contributed by atoms with Crippen LogP contribution in [0.15, 0.2) is 39.8 Å². The molecule has 0 spiro atoms. The maximum Gasteiger partial charge on any atom is 0.320 e. The number of nitrogens with one attached hydrogen (secondary N) is 2. The van der Waals surface area contributed by atoms with Gasteiger partial charge in [-0.15, -0.1) is 0 Å². The first-order valence-corrected chi connectivity index (χ1v) is 8.94. The van der Waals surface area contributed by atoms with Gasteiger partial charge >= 0.3 is 6.03 Å². The first-order chi connectivity index (χ1) is 11.4. The van der Waals surface area contributed by atoms with Gasteiger partial charge in [0.05, 0.1) is 4.90 Å². The molecule has 24 heavy (non-hydrogen) atoms. The molecule has 0 atom stereocenters. The van der Waals surface area contributed by atoms with Crippen molar-refractivity contribution in [2.24, 2.45) is 0 Å². The van der Waals surface area contributed by atoms with E-state index in [1.807, 2.05) is 0 Å². The number of aromatic nitrogens is 1. The quantitative estimate of drug-likeness (QED) is 0.712. The van der Waals surface area contributed by atoms with Crippen LogP contribution in [0.3, 0.4) is 0 Å². The smallest absolute Gasteiger partial charge is 0.320 e. The Morgan fingerprint density at radius 1 is 1.33 bits per heavy atom. The van der Waals surface area contributed by atoms with Crippen molar-refractivity contribution in [2.45, 2.75) is 36.6 Å². The van der Waals surface area contributed by atoms with E-state index in [1.54, 1.807) is 12.1 Å². The van der Waals surface area contributed by atoms with E-state index in [-0.39, 0.29) is 11.4 Å². The third kappa shape index (κ3) is 3.92. The van der Waals surface area contributed by atoms with E-state index in [0.29, 0.717) is 17.3 Å².